The SMILES string of the molecule is O=C(O)/C(Cc1ccc(OCc2ccc3ccccc3n2)cc1)=N\O.[H-].[Na+]. The Morgan fingerprint density at radius 2 is 1.81 bits per heavy atom. The number of aliphatic carboxylic acids is 1. The number of aromatic nitrogens is 1. The molecule has 3 aromatic rings. The number of hydrogen-bond donors (Lipinski definition) is 2. The van der Waals surface area contributed by atoms with Crippen LogP contribution in [0, 0.1) is 0 Å². The molecule has 2 aromatic carbocycles. The number of oxime groups is 1. The van der Waals surface area contributed by atoms with E-state index < -0.39 is 5.97 Å². The van der Waals surface area contributed by atoms with Gasteiger partial charge in [-0.25, -0.2) is 9.78 Å². The zero-order valence-corrected chi connectivity index (χ0v) is 16.3. The van der Waals surface area contributed by atoms with Gasteiger partial charge in [0.1, 0.15) is 12.4 Å². The van der Waals surface area contributed by atoms with Crippen molar-refractivity contribution in [1.29, 1.82) is 0 Å². The van der Waals surface area contributed by atoms with Crippen molar-refractivity contribution < 1.29 is 50.8 Å². The number of pyridine rings is 1. The maximum Gasteiger partial charge on any atom is 1.00 e. The van der Waals surface area contributed by atoms with E-state index in [0.717, 1.165) is 16.6 Å². The number of hydrogen-bond acceptors (Lipinski definition) is 5. The summed E-state index contributed by atoms with van der Waals surface area (Å²) < 4.78 is 5.72. The number of carboxylic acids is 1. The van der Waals surface area contributed by atoms with Crippen LogP contribution in [0.15, 0.2) is 65.8 Å². The first-order chi connectivity index (χ1) is 12.2. The third-order valence-corrected chi connectivity index (χ3v) is 3.71. The van der Waals surface area contributed by atoms with Crippen molar-refractivity contribution in [3.05, 3.63) is 71.9 Å². The van der Waals surface area contributed by atoms with Crippen LogP contribution in [-0.2, 0) is 17.8 Å². The van der Waals surface area contributed by atoms with Crippen molar-refractivity contribution >= 4 is 22.6 Å². The molecule has 0 atom stereocenters. The molecule has 6 nitrogen and oxygen atoms in total. The average molecular weight is 360 g/mol. The minimum Gasteiger partial charge on any atom is -1.00 e. The van der Waals surface area contributed by atoms with Crippen LogP contribution >= 0.6 is 0 Å². The molecule has 0 saturated carbocycles. The van der Waals surface area contributed by atoms with E-state index in [1.165, 1.54) is 0 Å². The Morgan fingerprint density at radius 3 is 2.50 bits per heavy atom. The van der Waals surface area contributed by atoms with Crippen molar-refractivity contribution in [2.45, 2.75) is 13.0 Å². The third kappa shape index (κ3) is 5.05. The van der Waals surface area contributed by atoms with Crippen LogP contribution in [0.2, 0.25) is 0 Å². The second-order valence-electron chi connectivity index (χ2n) is 5.46. The Bertz CT molecular complexity index is 932. The molecule has 0 amide bonds. The molecule has 0 fully saturated rings. The molecule has 1 aromatic heterocycles. The second kappa shape index (κ2) is 9.33. The number of ether oxygens (including phenoxy) is 1. The fourth-order valence-electron chi connectivity index (χ4n) is 2.40. The smallest absolute Gasteiger partial charge is 1.00 e. The minimum atomic E-state index is -1.25. The molecular formula is C19H17N2NaO4. The number of carboxylic acid groups (broad SMARTS) is 1. The van der Waals surface area contributed by atoms with Gasteiger partial charge in [0, 0.05) is 11.8 Å². The Kier molecular flexibility index (Phi) is 7.15. The minimum absolute atomic E-state index is 0. The molecule has 128 valence electrons. The summed E-state index contributed by atoms with van der Waals surface area (Å²) in [7, 11) is 0. The molecule has 26 heavy (non-hydrogen) atoms. The quantitative estimate of drug-likeness (QED) is 0.287. The van der Waals surface area contributed by atoms with Crippen molar-refractivity contribution in [1.82, 2.24) is 4.98 Å². The molecular weight excluding hydrogens is 343 g/mol. The first kappa shape index (κ1) is 19.9. The van der Waals surface area contributed by atoms with Gasteiger partial charge in [0.2, 0.25) is 0 Å². The molecule has 2 N–H and O–H groups in total. The van der Waals surface area contributed by atoms with E-state index in [2.05, 4.69) is 10.1 Å². The summed E-state index contributed by atoms with van der Waals surface area (Å²) >= 11 is 0. The van der Waals surface area contributed by atoms with Crippen LogP contribution in [0.25, 0.3) is 10.9 Å². The van der Waals surface area contributed by atoms with Crippen LogP contribution in [0.5, 0.6) is 5.75 Å². The predicted octanol–water partition coefficient (Wildman–Crippen LogP) is 0.388. The number of carbonyl (C=O) groups is 1. The normalized spacial score (nSPS) is 11.0. The molecule has 0 aliphatic rings. The summed E-state index contributed by atoms with van der Waals surface area (Å²) in [6.07, 6.45) is 0.0400. The number of para-hydroxylation sites is 1. The largest absolute Gasteiger partial charge is 1.00 e. The Labute approximate surface area is 173 Å². The average Bonchev–Trinajstić information content (AvgIpc) is 2.65. The van der Waals surface area contributed by atoms with Gasteiger partial charge in [-0.3, -0.25) is 0 Å². The van der Waals surface area contributed by atoms with Gasteiger partial charge in [-0.15, -0.1) is 0 Å². The topological polar surface area (TPSA) is 92.0 Å². The molecule has 0 aliphatic carbocycles. The van der Waals surface area contributed by atoms with Crippen molar-refractivity contribution in [3.8, 4) is 5.75 Å². The van der Waals surface area contributed by atoms with Crippen molar-refractivity contribution in [2.75, 3.05) is 0 Å². The monoisotopic (exact) mass is 360 g/mol. The van der Waals surface area contributed by atoms with E-state index >= 15 is 0 Å². The molecule has 0 unspecified atom stereocenters. The zero-order chi connectivity index (χ0) is 17.6. The molecule has 0 aliphatic heterocycles. The Morgan fingerprint density at radius 1 is 1.08 bits per heavy atom. The standard InChI is InChI=1S/C19H16N2O4.Na.H/c22-19(23)18(21-24)11-13-5-9-16(10-6-13)25-12-15-8-7-14-3-1-2-4-17(14)20-15;;/h1-10,24H,11-12H2,(H,22,23);;/q;+1;-1/b21-18-;;. The summed E-state index contributed by atoms with van der Waals surface area (Å²) in [5.74, 6) is -0.596. The molecule has 1 heterocycles. The number of benzene rings is 2. The second-order valence-corrected chi connectivity index (χ2v) is 5.46. The summed E-state index contributed by atoms with van der Waals surface area (Å²) in [6.45, 7) is 0.336. The number of fused-ring (bicyclic) bond motifs is 1. The maximum absolute atomic E-state index is 10.8. The Balaban J connectivity index is 0.00000182. The summed E-state index contributed by atoms with van der Waals surface area (Å²) in [6, 6.07) is 18.8. The van der Waals surface area contributed by atoms with Crippen LogP contribution < -0.4 is 34.3 Å². The fourth-order valence-corrected chi connectivity index (χ4v) is 2.40. The van der Waals surface area contributed by atoms with E-state index in [-0.39, 0.29) is 43.1 Å². The summed E-state index contributed by atoms with van der Waals surface area (Å²) in [4.78, 5) is 15.4. The van der Waals surface area contributed by atoms with Gasteiger partial charge >= 0.3 is 35.5 Å². The van der Waals surface area contributed by atoms with Gasteiger partial charge in [-0.05, 0) is 29.8 Å². The molecule has 0 radical (unpaired) electrons. The summed E-state index contributed by atoms with van der Waals surface area (Å²) in [5, 5.41) is 21.4. The molecule has 7 heteroatoms. The van der Waals surface area contributed by atoms with Crippen molar-refractivity contribution in [2.24, 2.45) is 5.16 Å². The summed E-state index contributed by atoms with van der Waals surface area (Å²) in [5.41, 5.74) is 2.15. The van der Waals surface area contributed by atoms with Crippen LogP contribution in [0.4, 0.5) is 0 Å². The first-order valence-electron chi connectivity index (χ1n) is 7.66. The fraction of sp³-hybridized carbons (Fsp3) is 0.105. The molecule has 0 saturated heterocycles. The van der Waals surface area contributed by atoms with Gasteiger partial charge in [0.05, 0.1) is 11.2 Å². The first-order valence-corrected chi connectivity index (χ1v) is 7.66. The van der Waals surface area contributed by atoms with Crippen LogP contribution in [0.3, 0.4) is 0 Å². The van der Waals surface area contributed by atoms with Gasteiger partial charge in [-0.1, -0.05) is 41.6 Å². The van der Waals surface area contributed by atoms with Gasteiger partial charge in [-0.2, -0.15) is 0 Å². The number of rotatable bonds is 6. The zero-order valence-electron chi connectivity index (χ0n) is 15.3. The molecule has 3 rings (SSSR count). The van der Waals surface area contributed by atoms with E-state index in [0.29, 0.717) is 17.9 Å². The van der Waals surface area contributed by atoms with E-state index in [4.69, 9.17) is 15.1 Å². The van der Waals surface area contributed by atoms with Crippen molar-refractivity contribution in [3.63, 3.8) is 0 Å². The van der Waals surface area contributed by atoms with Gasteiger partial charge < -0.3 is 16.5 Å². The van der Waals surface area contributed by atoms with Gasteiger partial charge in [0.25, 0.3) is 0 Å². The van der Waals surface area contributed by atoms with Crippen LogP contribution in [0.1, 0.15) is 12.7 Å². The maximum atomic E-state index is 10.8. The molecule has 0 spiro atoms. The third-order valence-electron chi connectivity index (χ3n) is 3.71. The van der Waals surface area contributed by atoms with Gasteiger partial charge in [0.15, 0.2) is 5.71 Å². The van der Waals surface area contributed by atoms with E-state index in [1.54, 1.807) is 24.3 Å². The van der Waals surface area contributed by atoms with Crippen LogP contribution in [-0.4, -0.2) is 27.0 Å². The Hall–Kier alpha value is -2.41. The molecule has 0 bridgehead atoms. The van der Waals surface area contributed by atoms with E-state index in [9.17, 15) is 4.79 Å². The predicted molar refractivity (Wildman–Crippen MR) is 94.2 cm³/mol. The number of nitrogens with zero attached hydrogens (tertiary/aromatic N) is 2. The van der Waals surface area contributed by atoms with E-state index in [1.807, 2.05) is 36.4 Å².